The van der Waals surface area contributed by atoms with Crippen molar-refractivity contribution in [3.8, 4) is 5.75 Å². The fraction of sp³-hybridized carbons (Fsp3) is 0.438. The minimum Gasteiger partial charge on any atom is -0.494 e. The number of anilines is 1. The van der Waals surface area contributed by atoms with Gasteiger partial charge in [0.2, 0.25) is 11.8 Å². The smallest absolute Gasteiger partial charge is 0.238 e. The number of hydrogen-bond donors (Lipinski definition) is 1. The molecule has 0 aromatic heterocycles. The summed E-state index contributed by atoms with van der Waals surface area (Å²) < 4.78 is 6.00. The maximum absolute atomic E-state index is 11.9. The molecule has 1 fully saturated rings. The number of rotatable bonds is 8. The number of thiocarbonyl (C=S) groups is 1. The number of benzene rings is 1. The van der Waals surface area contributed by atoms with Gasteiger partial charge in [-0.05, 0) is 44.0 Å². The maximum Gasteiger partial charge on any atom is 0.238 e. The zero-order chi connectivity index (χ0) is 16.7. The average Bonchev–Trinajstić information content (AvgIpc) is 2.85. The van der Waals surface area contributed by atoms with E-state index in [1.165, 1.54) is 11.8 Å². The molecule has 0 bridgehead atoms. The fourth-order valence-electron chi connectivity index (χ4n) is 2.18. The number of ether oxygens (including phenoxy) is 1. The highest BCUT2D eigenvalue weighted by Gasteiger charge is 2.25. The lowest BCUT2D eigenvalue weighted by Gasteiger charge is -2.14. The molecule has 0 spiro atoms. The number of carbonyl (C=O) groups is 2. The van der Waals surface area contributed by atoms with Crippen LogP contribution in [0.1, 0.15) is 26.2 Å². The Morgan fingerprint density at radius 3 is 2.70 bits per heavy atom. The fourth-order valence-corrected chi connectivity index (χ4v) is 3.30. The van der Waals surface area contributed by atoms with Crippen molar-refractivity contribution in [3.05, 3.63) is 24.3 Å². The summed E-state index contributed by atoms with van der Waals surface area (Å²) in [6, 6.07) is 7.30. The van der Waals surface area contributed by atoms with E-state index in [1.807, 2.05) is 31.2 Å². The minimum atomic E-state index is -0.0288. The summed E-state index contributed by atoms with van der Waals surface area (Å²) in [6.07, 6.45) is 1.91. The van der Waals surface area contributed by atoms with E-state index in [0.29, 0.717) is 29.6 Å². The van der Waals surface area contributed by atoms with Gasteiger partial charge in [0.1, 0.15) is 10.1 Å². The summed E-state index contributed by atoms with van der Waals surface area (Å²) in [7, 11) is 0. The third kappa shape index (κ3) is 5.51. The lowest BCUT2D eigenvalue weighted by Crippen LogP contribution is -2.29. The van der Waals surface area contributed by atoms with E-state index in [2.05, 4.69) is 5.32 Å². The van der Waals surface area contributed by atoms with Gasteiger partial charge in [-0.2, -0.15) is 0 Å². The summed E-state index contributed by atoms with van der Waals surface area (Å²) >= 11 is 6.52. The van der Waals surface area contributed by atoms with Gasteiger partial charge < -0.3 is 10.1 Å². The highest BCUT2D eigenvalue weighted by molar-refractivity contribution is 8.23. The summed E-state index contributed by atoms with van der Waals surface area (Å²) in [5, 5.41) is 2.85. The molecule has 2 rings (SSSR count). The van der Waals surface area contributed by atoms with Crippen molar-refractivity contribution < 1.29 is 14.3 Å². The second-order valence-electron chi connectivity index (χ2n) is 5.06. The molecule has 1 aromatic rings. The SMILES string of the molecule is CCOc1ccc(NC(=O)CCCCN2C(=O)CSC2=S)cc1. The normalized spacial score (nSPS) is 14.2. The number of thioether (sulfide) groups is 1. The lowest BCUT2D eigenvalue weighted by molar-refractivity contribution is -0.124. The van der Waals surface area contributed by atoms with E-state index in [-0.39, 0.29) is 11.8 Å². The molecule has 2 amide bonds. The van der Waals surface area contributed by atoms with Crippen LogP contribution in [0.3, 0.4) is 0 Å². The Bertz CT molecular complexity index is 559. The average molecular weight is 352 g/mol. The van der Waals surface area contributed by atoms with Crippen LogP contribution < -0.4 is 10.1 Å². The predicted octanol–water partition coefficient (Wildman–Crippen LogP) is 3.05. The van der Waals surface area contributed by atoms with E-state index in [9.17, 15) is 9.59 Å². The molecule has 0 radical (unpaired) electrons. The molecular formula is C16H20N2O3S2. The first-order valence-electron chi connectivity index (χ1n) is 7.60. The van der Waals surface area contributed by atoms with Gasteiger partial charge in [-0.25, -0.2) is 0 Å². The van der Waals surface area contributed by atoms with Crippen LogP contribution in [0.25, 0.3) is 0 Å². The first kappa shape index (κ1) is 17.7. The number of carbonyl (C=O) groups excluding carboxylic acids is 2. The van der Waals surface area contributed by atoms with Crippen molar-refractivity contribution in [3.63, 3.8) is 0 Å². The van der Waals surface area contributed by atoms with Crippen LogP contribution in [-0.2, 0) is 9.59 Å². The Hall–Kier alpha value is -1.60. The summed E-state index contributed by atoms with van der Waals surface area (Å²) in [5.41, 5.74) is 0.755. The third-order valence-electron chi connectivity index (χ3n) is 3.33. The highest BCUT2D eigenvalue weighted by atomic mass is 32.2. The molecule has 0 unspecified atom stereocenters. The standard InChI is InChI=1S/C16H20N2O3S2/c1-2-21-13-8-6-12(7-9-13)17-14(19)5-3-4-10-18-15(20)11-23-16(18)22/h6-9H,2-5,10-11H2,1H3,(H,17,19). The van der Waals surface area contributed by atoms with Crippen LogP contribution in [0, 0.1) is 0 Å². The van der Waals surface area contributed by atoms with Crippen LogP contribution >= 0.6 is 24.0 Å². The van der Waals surface area contributed by atoms with Crippen molar-refractivity contribution in [1.29, 1.82) is 0 Å². The molecule has 0 aliphatic carbocycles. The topological polar surface area (TPSA) is 58.6 Å². The molecule has 1 aromatic carbocycles. The highest BCUT2D eigenvalue weighted by Crippen LogP contribution is 2.20. The quantitative estimate of drug-likeness (QED) is 0.576. The van der Waals surface area contributed by atoms with Gasteiger partial charge in [0, 0.05) is 18.7 Å². The second-order valence-corrected chi connectivity index (χ2v) is 6.67. The summed E-state index contributed by atoms with van der Waals surface area (Å²) in [6.45, 7) is 3.14. The Balaban J connectivity index is 1.67. The monoisotopic (exact) mass is 352 g/mol. The number of hydrogen-bond acceptors (Lipinski definition) is 5. The summed E-state index contributed by atoms with van der Waals surface area (Å²) in [5.74, 6) is 1.27. The van der Waals surface area contributed by atoms with Crippen LogP contribution in [0.15, 0.2) is 24.3 Å². The van der Waals surface area contributed by atoms with Crippen molar-refractivity contribution >= 4 is 45.8 Å². The Morgan fingerprint density at radius 1 is 1.35 bits per heavy atom. The second kappa shape index (κ2) is 8.88. The van der Waals surface area contributed by atoms with Gasteiger partial charge in [0.25, 0.3) is 0 Å². The van der Waals surface area contributed by atoms with Crippen LogP contribution in [0.2, 0.25) is 0 Å². The van der Waals surface area contributed by atoms with E-state index in [4.69, 9.17) is 17.0 Å². The van der Waals surface area contributed by atoms with E-state index < -0.39 is 0 Å². The first-order valence-corrected chi connectivity index (χ1v) is 8.99. The van der Waals surface area contributed by atoms with Crippen molar-refractivity contribution in [2.45, 2.75) is 26.2 Å². The Kier molecular flexibility index (Phi) is 6.85. The van der Waals surface area contributed by atoms with Gasteiger partial charge in [-0.3, -0.25) is 14.5 Å². The molecule has 1 N–H and O–H groups in total. The molecule has 7 heteroatoms. The van der Waals surface area contributed by atoms with Crippen LogP contribution in [0.4, 0.5) is 5.69 Å². The number of unbranched alkanes of at least 4 members (excludes halogenated alkanes) is 1. The van der Waals surface area contributed by atoms with Gasteiger partial charge in [0.15, 0.2) is 0 Å². The Labute approximate surface area is 145 Å². The zero-order valence-corrected chi connectivity index (χ0v) is 14.7. The molecule has 0 saturated carbocycles. The van der Waals surface area contributed by atoms with Crippen molar-refractivity contribution in [2.24, 2.45) is 0 Å². The minimum absolute atomic E-state index is 0.0288. The lowest BCUT2D eigenvalue weighted by atomic mass is 10.2. The summed E-state index contributed by atoms with van der Waals surface area (Å²) in [4.78, 5) is 25.1. The van der Waals surface area contributed by atoms with Gasteiger partial charge in [-0.15, -0.1) is 0 Å². The molecular weight excluding hydrogens is 332 g/mol. The van der Waals surface area contributed by atoms with Crippen LogP contribution in [0.5, 0.6) is 5.75 Å². The molecule has 124 valence electrons. The predicted molar refractivity (Wildman–Crippen MR) is 96.9 cm³/mol. The molecule has 1 heterocycles. The molecule has 0 atom stereocenters. The number of amides is 2. The van der Waals surface area contributed by atoms with Gasteiger partial charge in [-0.1, -0.05) is 24.0 Å². The van der Waals surface area contributed by atoms with E-state index in [0.717, 1.165) is 24.3 Å². The molecule has 1 aliphatic heterocycles. The molecule has 1 saturated heterocycles. The van der Waals surface area contributed by atoms with Gasteiger partial charge >= 0.3 is 0 Å². The zero-order valence-electron chi connectivity index (χ0n) is 13.0. The molecule has 23 heavy (non-hydrogen) atoms. The van der Waals surface area contributed by atoms with E-state index >= 15 is 0 Å². The third-order valence-corrected chi connectivity index (χ3v) is 4.76. The Morgan fingerprint density at radius 2 is 2.09 bits per heavy atom. The van der Waals surface area contributed by atoms with Crippen molar-refractivity contribution in [1.82, 2.24) is 4.90 Å². The molecule has 1 aliphatic rings. The number of nitrogens with zero attached hydrogens (tertiary/aromatic N) is 1. The molecule has 5 nitrogen and oxygen atoms in total. The van der Waals surface area contributed by atoms with Gasteiger partial charge in [0.05, 0.1) is 12.4 Å². The van der Waals surface area contributed by atoms with Crippen molar-refractivity contribution in [2.75, 3.05) is 24.2 Å². The van der Waals surface area contributed by atoms with Crippen LogP contribution in [-0.4, -0.2) is 39.9 Å². The van der Waals surface area contributed by atoms with E-state index in [1.54, 1.807) is 4.90 Å². The largest absolute Gasteiger partial charge is 0.494 e. The number of nitrogens with one attached hydrogen (secondary N) is 1. The maximum atomic E-state index is 11.9. The first-order chi connectivity index (χ1) is 11.1.